The highest BCUT2D eigenvalue weighted by Gasteiger charge is 2.37. The van der Waals surface area contributed by atoms with Gasteiger partial charge in [-0.15, -0.1) is 0 Å². The molecule has 0 atom stereocenters. The second-order valence-corrected chi connectivity index (χ2v) is 8.04. The van der Waals surface area contributed by atoms with Gasteiger partial charge < -0.3 is 15.2 Å². The molecule has 34 heavy (non-hydrogen) atoms. The van der Waals surface area contributed by atoms with Crippen molar-refractivity contribution in [1.29, 1.82) is 0 Å². The summed E-state index contributed by atoms with van der Waals surface area (Å²) >= 11 is 0. The third-order valence-electron chi connectivity index (χ3n) is 5.90. The van der Waals surface area contributed by atoms with Crippen LogP contribution in [-0.2, 0) is 12.6 Å². The number of benzene rings is 2. The summed E-state index contributed by atoms with van der Waals surface area (Å²) in [5.74, 6) is -2.67. The molecule has 6 nitrogen and oxygen atoms in total. The van der Waals surface area contributed by atoms with Crippen molar-refractivity contribution in [2.24, 2.45) is 0 Å². The first-order valence-electron chi connectivity index (χ1n) is 10.4. The van der Waals surface area contributed by atoms with Crippen LogP contribution in [0.1, 0.15) is 27.9 Å². The van der Waals surface area contributed by atoms with Gasteiger partial charge in [-0.05, 0) is 48.7 Å². The van der Waals surface area contributed by atoms with Gasteiger partial charge in [0, 0.05) is 24.4 Å². The number of aromatic nitrogens is 1. The molecule has 3 heterocycles. The van der Waals surface area contributed by atoms with Crippen molar-refractivity contribution in [2.75, 3.05) is 28.3 Å². The van der Waals surface area contributed by atoms with E-state index in [-0.39, 0.29) is 35.1 Å². The SMILES string of the molecule is O=C1c2cc(C(F)(F)F)ccc2N2CN1c1ccc(=O)[nH]c1NCCCc1cc(F)c(F)cc12. The number of nitrogens with one attached hydrogen (secondary N) is 2. The molecule has 1 amide bonds. The van der Waals surface area contributed by atoms with Crippen LogP contribution in [0, 0.1) is 11.6 Å². The molecule has 0 fully saturated rings. The van der Waals surface area contributed by atoms with Gasteiger partial charge >= 0.3 is 6.18 Å². The summed E-state index contributed by atoms with van der Waals surface area (Å²) in [4.78, 5) is 30.6. The number of aromatic amines is 1. The fraction of sp³-hybridized carbons (Fsp3) is 0.217. The molecule has 11 heteroatoms. The highest BCUT2D eigenvalue weighted by atomic mass is 19.4. The van der Waals surface area contributed by atoms with Crippen molar-refractivity contribution in [3.05, 3.63) is 81.1 Å². The minimum absolute atomic E-state index is 0.139. The first-order valence-corrected chi connectivity index (χ1v) is 10.4. The van der Waals surface area contributed by atoms with Gasteiger partial charge in [0.1, 0.15) is 12.5 Å². The number of hydrogen-bond donors (Lipinski definition) is 2. The lowest BCUT2D eigenvalue weighted by Crippen LogP contribution is -2.45. The molecule has 176 valence electrons. The number of alkyl halides is 3. The first-order chi connectivity index (χ1) is 16.1. The second-order valence-electron chi connectivity index (χ2n) is 8.04. The van der Waals surface area contributed by atoms with E-state index in [0.29, 0.717) is 24.9 Å². The Hall–Kier alpha value is -3.89. The molecule has 2 aromatic carbocycles. The van der Waals surface area contributed by atoms with Crippen molar-refractivity contribution in [1.82, 2.24) is 4.98 Å². The lowest BCUT2D eigenvalue weighted by atomic mass is 10.0. The zero-order valence-corrected chi connectivity index (χ0v) is 17.5. The van der Waals surface area contributed by atoms with E-state index in [2.05, 4.69) is 10.3 Å². The fourth-order valence-corrected chi connectivity index (χ4v) is 4.29. The minimum atomic E-state index is -4.69. The van der Waals surface area contributed by atoms with Crippen LogP contribution in [0.15, 0.2) is 47.3 Å². The number of aryl methyl sites for hydroxylation is 1. The average molecular weight is 476 g/mol. The molecule has 0 radical (unpaired) electrons. The standard InChI is InChI=1S/C23H17F5N4O2/c24-15-8-12-2-1-7-29-21-18(5-6-20(33)30-21)32-11-31(19(12)10-16(15)25)17-4-3-13(23(26,27)28)9-14(17)22(32)34/h3-6,8-10H,1-2,7,11H2,(H2,29,30,33). The number of hydrogen-bond acceptors (Lipinski definition) is 4. The molecular formula is C23H17F5N4O2. The Balaban J connectivity index is 1.78. The largest absolute Gasteiger partial charge is 0.416 e. The molecule has 2 N–H and O–H groups in total. The predicted octanol–water partition coefficient (Wildman–Crippen LogP) is 4.79. The van der Waals surface area contributed by atoms with Gasteiger partial charge in [0.25, 0.3) is 5.91 Å². The van der Waals surface area contributed by atoms with E-state index in [4.69, 9.17) is 0 Å². The number of carbonyl (C=O) groups is 1. The number of halogens is 5. The molecule has 0 aliphatic carbocycles. The van der Waals surface area contributed by atoms with E-state index in [1.54, 1.807) is 0 Å². The van der Waals surface area contributed by atoms with Crippen LogP contribution < -0.4 is 20.7 Å². The maximum Gasteiger partial charge on any atom is 0.416 e. The summed E-state index contributed by atoms with van der Waals surface area (Å²) in [6.07, 6.45) is -3.91. The van der Waals surface area contributed by atoms with E-state index in [9.17, 15) is 31.5 Å². The van der Waals surface area contributed by atoms with E-state index < -0.39 is 34.8 Å². The Morgan fingerprint density at radius 1 is 0.853 bits per heavy atom. The third-order valence-corrected chi connectivity index (χ3v) is 5.90. The van der Waals surface area contributed by atoms with Gasteiger partial charge in [-0.3, -0.25) is 14.5 Å². The first kappa shape index (κ1) is 21.9. The maximum absolute atomic E-state index is 14.3. The number of fused-ring (bicyclic) bond motifs is 8. The summed E-state index contributed by atoms with van der Waals surface area (Å²) < 4.78 is 68.7. The van der Waals surface area contributed by atoms with Crippen molar-refractivity contribution in [2.45, 2.75) is 19.0 Å². The third kappa shape index (κ3) is 3.66. The maximum atomic E-state index is 14.3. The molecule has 2 bridgehead atoms. The Bertz CT molecular complexity index is 1370. The van der Waals surface area contributed by atoms with Crippen LogP contribution >= 0.6 is 0 Å². The molecule has 3 aromatic rings. The van der Waals surface area contributed by atoms with E-state index in [1.807, 2.05) is 0 Å². The summed E-state index contributed by atoms with van der Waals surface area (Å²) in [6.45, 7) is 0.134. The quantitative estimate of drug-likeness (QED) is 0.458. The number of nitrogens with zero attached hydrogens (tertiary/aromatic N) is 2. The molecule has 2 aliphatic rings. The van der Waals surface area contributed by atoms with Gasteiger partial charge in [-0.1, -0.05) is 0 Å². The molecular weight excluding hydrogens is 459 g/mol. The summed E-state index contributed by atoms with van der Waals surface area (Å²) in [5, 5.41) is 3.03. The van der Waals surface area contributed by atoms with Crippen LogP contribution in [0.3, 0.4) is 0 Å². The number of pyridine rings is 1. The van der Waals surface area contributed by atoms with Crippen LogP contribution in [0.5, 0.6) is 0 Å². The minimum Gasteiger partial charge on any atom is -0.370 e. The van der Waals surface area contributed by atoms with Crippen molar-refractivity contribution in [3.8, 4) is 0 Å². The lowest BCUT2D eigenvalue weighted by molar-refractivity contribution is -0.137. The molecule has 0 saturated carbocycles. The predicted molar refractivity (Wildman–Crippen MR) is 115 cm³/mol. The summed E-state index contributed by atoms with van der Waals surface area (Å²) in [6, 6.07) is 7.38. The van der Waals surface area contributed by atoms with Gasteiger partial charge in [0.15, 0.2) is 11.6 Å². The van der Waals surface area contributed by atoms with E-state index >= 15 is 0 Å². The molecule has 0 saturated heterocycles. The topological polar surface area (TPSA) is 68.4 Å². The molecule has 0 unspecified atom stereocenters. The zero-order chi connectivity index (χ0) is 24.2. The smallest absolute Gasteiger partial charge is 0.370 e. The molecule has 0 spiro atoms. The summed E-state index contributed by atoms with van der Waals surface area (Å²) in [5.41, 5.74) is -0.659. The van der Waals surface area contributed by atoms with Crippen LogP contribution in [0.4, 0.5) is 44.8 Å². The number of amides is 1. The van der Waals surface area contributed by atoms with Crippen molar-refractivity contribution in [3.63, 3.8) is 0 Å². The highest BCUT2D eigenvalue weighted by molar-refractivity contribution is 6.13. The van der Waals surface area contributed by atoms with Gasteiger partial charge in [-0.25, -0.2) is 8.78 Å². The van der Waals surface area contributed by atoms with Crippen molar-refractivity contribution >= 4 is 28.8 Å². The zero-order valence-electron chi connectivity index (χ0n) is 17.5. The van der Waals surface area contributed by atoms with Gasteiger partial charge in [0.05, 0.1) is 22.5 Å². The highest BCUT2D eigenvalue weighted by Crippen LogP contribution is 2.42. The second kappa shape index (κ2) is 7.86. The lowest BCUT2D eigenvalue weighted by Gasteiger charge is -2.39. The Morgan fingerprint density at radius 2 is 1.59 bits per heavy atom. The number of anilines is 4. The van der Waals surface area contributed by atoms with E-state index in [0.717, 1.165) is 30.3 Å². The molecule has 1 aromatic heterocycles. The summed E-state index contributed by atoms with van der Waals surface area (Å²) in [7, 11) is 0. The van der Waals surface area contributed by atoms with Crippen LogP contribution in [-0.4, -0.2) is 24.1 Å². The molecule has 2 aliphatic heterocycles. The Morgan fingerprint density at radius 3 is 2.35 bits per heavy atom. The van der Waals surface area contributed by atoms with Crippen molar-refractivity contribution < 1.29 is 26.7 Å². The van der Waals surface area contributed by atoms with E-state index in [1.165, 1.54) is 21.9 Å². The number of rotatable bonds is 0. The van der Waals surface area contributed by atoms with Crippen LogP contribution in [0.2, 0.25) is 0 Å². The Kier molecular flexibility index (Phi) is 5.07. The molecule has 5 rings (SSSR count). The monoisotopic (exact) mass is 476 g/mol. The number of carbonyl (C=O) groups excluding carboxylic acids is 1. The van der Waals surface area contributed by atoms with Crippen LogP contribution in [0.25, 0.3) is 0 Å². The average Bonchev–Trinajstić information content (AvgIpc) is 2.81. The number of H-pyrrole nitrogens is 1. The normalized spacial score (nSPS) is 15.6. The van der Waals surface area contributed by atoms with Gasteiger partial charge in [0.2, 0.25) is 5.56 Å². The Labute approximate surface area is 189 Å². The van der Waals surface area contributed by atoms with Gasteiger partial charge in [-0.2, -0.15) is 13.2 Å². The fourth-order valence-electron chi connectivity index (χ4n) is 4.29.